The maximum atomic E-state index is 11.2. The second kappa shape index (κ2) is 7.25. The van der Waals surface area contributed by atoms with Gasteiger partial charge < -0.3 is 10.2 Å². The molecule has 1 fully saturated rings. The van der Waals surface area contributed by atoms with Crippen molar-refractivity contribution in [2.24, 2.45) is 5.92 Å². The molecule has 2 N–H and O–H groups in total. The fourth-order valence-electron chi connectivity index (χ4n) is 3.07. The average Bonchev–Trinajstić information content (AvgIpc) is 2.48. The van der Waals surface area contributed by atoms with Gasteiger partial charge >= 0.3 is 5.97 Å². The number of likely N-dealkylation sites (tertiary alicyclic amines) is 1. The molecule has 1 aromatic rings. The number of benzene rings is 1. The Labute approximate surface area is 130 Å². The predicted octanol–water partition coefficient (Wildman–Crippen LogP) is 2.95. The van der Waals surface area contributed by atoms with E-state index in [0.29, 0.717) is 11.4 Å². The number of aliphatic hydroxyl groups is 1. The standard InChI is InChI=1S/C16H22ClNO3/c1-2-14(16(20)21)18-9-7-12(8-10-18)15(19)11-3-5-13(17)6-4-11/h3-6,12,14-15,19H,2,7-10H2,1H3,(H,20,21)/t14-,15+/m1/s1. The van der Waals surface area contributed by atoms with E-state index in [9.17, 15) is 15.0 Å². The summed E-state index contributed by atoms with van der Waals surface area (Å²) in [6.07, 6.45) is 1.73. The van der Waals surface area contributed by atoms with Crippen LogP contribution in [0, 0.1) is 5.92 Å². The van der Waals surface area contributed by atoms with Gasteiger partial charge in [-0.3, -0.25) is 9.69 Å². The van der Waals surface area contributed by atoms with Crippen LogP contribution in [0.15, 0.2) is 24.3 Å². The summed E-state index contributed by atoms with van der Waals surface area (Å²) in [6, 6.07) is 6.87. The van der Waals surface area contributed by atoms with Gasteiger partial charge in [0.25, 0.3) is 0 Å². The van der Waals surface area contributed by atoms with Crippen molar-refractivity contribution in [3.05, 3.63) is 34.9 Å². The summed E-state index contributed by atoms with van der Waals surface area (Å²) in [5.74, 6) is -0.581. The second-order valence-corrected chi connectivity index (χ2v) is 6.07. The molecule has 1 saturated heterocycles. The van der Waals surface area contributed by atoms with Gasteiger partial charge in [0.2, 0.25) is 0 Å². The molecule has 0 unspecified atom stereocenters. The molecule has 0 aliphatic carbocycles. The first-order valence-corrected chi connectivity index (χ1v) is 7.81. The van der Waals surface area contributed by atoms with Crippen molar-refractivity contribution in [1.82, 2.24) is 4.90 Å². The Morgan fingerprint density at radius 2 is 1.90 bits per heavy atom. The molecular weight excluding hydrogens is 290 g/mol. The molecule has 0 bridgehead atoms. The van der Waals surface area contributed by atoms with Crippen molar-refractivity contribution in [3.63, 3.8) is 0 Å². The highest BCUT2D eigenvalue weighted by Crippen LogP contribution is 2.32. The molecule has 0 spiro atoms. The van der Waals surface area contributed by atoms with E-state index in [-0.39, 0.29) is 5.92 Å². The van der Waals surface area contributed by atoms with Gasteiger partial charge in [-0.1, -0.05) is 30.7 Å². The van der Waals surface area contributed by atoms with Gasteiger partial charge in [0, 0.05) is 5.02 Å². The van der Waals surface area contributed by atoms with Crippen molar-refractivity contribution in [2.75, 3.05) is 13.1 Å². The number of nitrogens with zero attached hydrogens (tertiary/aromatic N) is 1. The van der Waals surface area contributed by atoms with E-state index in [1.165, 1.54) is 0 Å². The van der Waals surface area contributed by atoms with E-state index in [1.54, 1.807) is 12.1 Å². The maximum absolute atomic E-state index is 11.2. The molecule has 116 valence electrons. The number of carbonyl (C=O) groups is 1. The molecule has 2 rings (SSSR count). The van der Waals surface area contributed by atoms with Crippen LogP contribution in [0.5, 0.6) is 0 Å². The summed E-state index contributed by atoms with van der Waals surface area (Å²) in [6.45, 7) is 3.34. The highest BCUT2D eigenvalue weighted by atomic mass is 35.5. The van der Waals surface area contributed by atoms with Crippen LogP contribution < -0.4 is 0 Å². The fraction of sp³-hybridized carbons (Fsp3) is 0.562. The lowest BCUT2D eigenvalue weighted by atomic mass is 9.87. The summed E-state index contributed by atoms with van der Waals surface area (Å²) >= 11 is 5.86. The van der Waals surface area contributed by atoms with E-state index < -0.39 is 18.1 Å². The number of carboxylic acid groups (broad SMARTS) is 1. The fourth-order valence-corrected chi connectivity index (χ4v) is 3.19. The number of carboxylic acids is 1. The lowest BCUT2D eigenvalue weighted by Gasteiger charge is -2.37. The molecule has 1 heterocycles. The Morgan fingerprint density at radius 1 is 1.33 bits per heavy atom. The summed E-state index contributed by atoms with van der Waals surface area (Å²) < 4.78 is 0. The Balaban J connectivity index is 1.94. The summed E-state index contributed by atoms with van der Waals surface area (Å²) in [7, 11) is 0. The Bertz CT molecular complexity index is 469. The molecule has 2 atom stereocenters. The SMILES string of the molecule is CC[C@H](C(=O)O)N1CCC([C@@H](O)c2ccc(Cl)cc2)CC1. The third-order valence-electron chi connectivity index (χ3n) is 4.34. The van der Waals surface area contributed by atoms with E-state index in [1.807, 2.05) is 24.0 Å². The number of hydrogen-bond acceptors (Lipinski definition) is 3. The highest BCUT2D eigenvalue weighted by Gasteiger charge is 2.31. The van der Waals surface area contributed by atoms with Gasteiger partial charge in [0.05, 0.1) is 6.10 Å². The van der Waals surface area contributed by atoms with Crippen molar-refractivity contribution >= 4 is 17.6 Å². The topological polar surface area (TPSA) is 60.8 Å². The molecule has 0 aromatic heterocycles. The lowest BCUT2D eigenvalue weighted by Crippen LogP contribution is -2.46. The summed E-state index contributed by atoms with van der Waals surface area (Å²) in [5.41, 5.74) is 0.878. The highest BCUT2D eigenvalue weighted by molar-refractivity contribution is 6.30. The zero-order chi connectivity index (χ0) is 15.4. The minimum atomic E-state index is -0.755. The van der Waals surface area contributed by atoms with Crippen molar-refractivity contribution in [1.29, 1.82) is 0 Å². The van der Waals surface area contributed by atoms with Crippen LogP contribution in [0.2, 0.25) is 5.02 Å². The first-order valence-electron chi connectivity index (χ1n) is 7.43. The van der Waals surface area contributed by atoms with Gasteiger partial charge in [-0.25, -0.2) is 0 Å². The molecule has 1 aliphatic heterocycles. The third kappa shape index (κ3) is 3.96. The minimum Gasteiger partial charge on any atom is -0.480 e. The van der Waals surface area contributed by atoms with Gasteiger partial charge in [-0.2, -0.15) is 0 Å². The molecule has 0 radical (unpaired) electrons. The minimum absolute atomic E-state index is 0.175. The Hall–Kier alpha value is -1.10. The number of piperidine rings is 1. The zero-order valence-corrected chi connectivity index (χ0v) is 13.0. The molecule has 0 amide bonds. The molecule has 5 heteroatoms. The van der Waals surface area contributed by atoms with Crippen LogP contribution in [-0.4, -0.2) is 40.2 Å². The maximum Gasteiger partial charge on any atom is 0.320 e. The first-order chi connectivity index (χ1) is 10.0. The van der Waals surface area contributed by atoms with Crippen molar-refractivity contribution in [3.8, 4) is 0 Å². The van der Waals surface area contributed by atoms with Crippen LogP contribution in [0.3, 0.4) is 0 Å². The molecule has 0 saturated carbocycles. The summed E-state index contributed by atoms with van der Waals surface area (Å²) in [5, 5.41) is 20.3. The molecule has 1 aromatic carbocycles. The molecule has 4 nitrogen and oxygen atoms in total. The smallest absolute Gasteiger partial charge is 0.320 e. The Kier molecular flexibility index (Phi) is 5.62. The van der Waals surface area contributed by atoms with Gasteiger partial charge in [0.1, 0.15) is 6.04 Å². The first kappa shape index (κ1) is 16.3. The van der Waals surface area contributed by atoms with Crippen molar-refractivity contribution < 1.29 is 15.0 Å². The Morgan fingerprint density at radius 3 is 2.38 bits per heavy atom. The molecule has 1 aliphatic rings. The van der Waals surface area contributed by atoms with E-state index >= 15 is 0 Å². The van der Waals surface area contributed by atoms with Gasteiger partial charge in [-0.15, -0.1) is 0 Å². The van der Waals surface area contributed by atoms with Crippen LogP contribution in [0.1, 0.15) is 37.9 Å². The van der Waals surface area contributed by atoms with E-state index in [2.05, 4.69) is 0 Å². The van der Waals surface area contributed by atoms with Crippen molar-refractivity contribution in [2.45, 2.75) is 38.3 Å². The van der Waals surface area contributed by atoms with Crippen LogP contribution in [0.4, 0.5) is 0 Å². The summed E-state index contributed by atoms with van der Waals surface area (Å²) in [4.78, 5) is 13.2. The third-order valence-corrected chi connectivity index (χ3v) is 4.60. The monoisotopic (exact) mass is 311 g/mol. The largest absolute Gasteiger partial charge is 0.480 e. The van der Waals surface area contributed by atoms with E-state index in [0.717, 1.165) is 31.5 Å². The van der Waals surface area contributed by atoms with Gasteiger partial charge in [0.15, 0.2) is 0 Å². The quantitative estimate of drug-likeness (QED) is 0.877. The van der Waals surface area contributed by atoms with Crippen LogP contribution in [0.25, 0.3) is 0 Å². The number of aliphatic carboxylic acids is 1. The predicted molar refractivity (Wildman–Crippen MR) is 82.4 cm³/mol. The van der Waals surface area contributed by atoms with E-state index in [4.69, 9.17) is 11.6 Å². The number of halogens is 1. The lowest BCUT2D eigenvalue weighted by molar-refractivity contribution is -0.144. The van der Waals surface area contributed by atoms with Gasteiger partial charge in [-0.05, 0) is 56.0 Å². The molecule has 21 heavy (non-hydrogen) atoms. The number of aliphatic hydroxyl groups excluding tert-OH is 1. The average molecular weight is 312 g/mol. The normalized spacial score (nSPS) is 20.1. The number of rotatable bonds is 5. The van der Waals surface area contributed by atoms with Crippen LogP contribution in [-0.2, 0) is 4.79 Å². The number of hydrogen-bond donors (Lipinski definition) is 2. The second-order valence-electron chi connectivity index (χ2n) is 5.63. The van der Waals surface area contributed by atoms with Crippen LogP contribution >= 0.6 is 11.6 Å². The zero-order valence-electron chi connectivity index (χ0n) is 12.2. The molecular formula is C16H22ClNO3.